The molecule has 3 fully saturated rings. The Morgan fingerprint density at radius 2 is 1.80 bits per heavy atom. The van der Waals surface area contributed by atoms with E-state index < -0.39 is 0 Å². The van der Waals surface area contributed by atoms with Crippen LogP contribution in [0.4, 0.5) is 0 Å². The molecule has 0 spiro atoms. The third-order valence-corrected chi connectivity index (χ3v) is 5.98. The average molecular weight is 280 g/mol. The molecule has 0 bridgehead atoms. The third-order valence-electron chi connectivity index (χ3n) is 5.98. The summed E-state index contributed by atoms with van der Waals surface area (Å²) in [6.45, 7) is 8.12. The van der Waals surface area contributed by atoms with Gasteiger partial charge in [0, 0.05) is 44.9 Å². The predicted molar refractivity (Wildman–Crippen MR) is 82.9 cm³/mol. The largest absolute Gasteiger partial charge is 0.381 e. The van der Waals surface area contributed by atoms with Crippen molar-refractivity contribution in [2.45, 2.75) is 64.0 Å². The van der Waals surface area contributed by atoms with E-state index in [9.17, 15) is 0 Å². The lowest BCUT2D eigenvalue weighted by molar-refractivity contribution is 0.0177. The fraction of sp³-hybridized carbons (Fsp3) is 1.00. The second-order valence-electron chi connectivity index (χ2n) is 7.14. The second-order valence-corrected chi connectivity index (χ2v) is 7.14. The van der Waals surface area contributed by atoms with Crippen LogP contribution in [0.25, 0.3) is 0 Å². The van der Waals surface area contributed by atoms with E-state index in [1.165, 1.54) is 64.6 Å². The van der Waals surface area contributed by atoms with Crippen LogP contribution in [-0.2, 0) is 4.74 Å². The molecule has 2 aliphatic heterocycles. The minimum atomic E-state index is 0.743. The van der Waals surface area contributed by atoms with Gasteiger partial charge in [-0.05, 0) is 44.4 Å². The summed E-state index contributed by atoms with van der Waals surface area (Å²) in [5, 5.41) is 3.81. The molecular formula is C17H32N2O. The van der Waals surface area contributed by atoms with E-state index in [1.54, 1.807) is 0 Å². The highest BCUT2D eigenvalue weighted by atomic mass is 16.5. The van der Waals surface area contributed by atoms with Gasteiger partial charge in [0.25, 0.3) is 0 Å². The van der Waals surface area contributed by atoms with Crippen molar-refractivity contribution in [2.24, 2.45) is 11.8 Å². The van der Waals surface area contributed by atoms with Crippen molar-refractivity contribution < 1.29 is 4.74 Å². The number of rotatable bonds is 3. The van der Waals surface area contributed by atoms with E-state index in [1.807, 2.05) is 0 Å². The highest BCUT2D eigenvalue weighted by Crippen LogP contribution is 2.29. The Morgan fingerprint density at radius 3 is 2.55 bits per heavy atom. The molecule has 3 heteroatoms. The zero-order valence-electron chi connectivity index (χ0n) is 13.2. The summed E-state index contributed by atoms with van der Waals surface area (Å²) in [5.74, 6) is 1.79. The summed E-state index contributed by atoms with van der Waals surface area (Å²) in [6.07, 6.45) is 9.81. The van der Waals surface area contributed by atoms with Crippen LogP contribution in [0.2, 0.25) is 0 Å². The summed E-state index contributed by atoms with van der Waals surface area (Å²) in [6, 6.07) is 1.50. The van der Waals surface area contributed by atoms with Crippen LogP contribution in [-0.4, -0.2) is 49.8 Å². The molecular weight excluding hydrogens is 248 g/mol. The highest BCUT2D eigenvalue weighted by molar-refractivity contribution is 4.89. The molecule has 2 saturated heterocycles. The lowest BCUT2D eigenvalue weighted by Crippen LogP contribution is -2.57. The molecule has 2 unspecified atom stereocenters. The molecule has 20 heavy (non-hydrogen) atoms. The molecule has 3 nitrogen and oxygen atoms in total. The lowest BCUT2D eigenvalue weighted by atomic mass is 9.82. The number of ether oxygens (including phenoxy) is 1. The second kappa shape index (κ2) is 7.24. The zero-order valence-corrected chi connectivity index (χ0v) is 13.2. The molecule has 0 radical (unpaired) electrons. The molecule has 3 aliphatic rings. The monoisotopic (exact) mass is 280 g/mol. The third kappa shape index (κ3) is 3.55. The standard InChI is InChI=1S/C17H32N2O/c1-14(15-7-11-20-12-8-15)19-10-9-18-17(13-19)16-5-3-2-4-6-16/h14-18H,2-13H2,1H3. The van der Waals surface area contributed by atoms with Crippen LogP contribution < -0.4 is 5.32 Å². The summed E-state index contributed by atoms with van der Waals surface area (Å²) in [5.41, 5.74) is 0. The van der Waals surface area contributed by atoms with Crippen LogP contribution in [0.1, 0.15) is 51.9 Å². The van der Waals surface area contributed by atoms with E-state index in [4.69, 9.17) is 4.74 Å². The number of hydrogen-bond acceptors (Lipinski definition) is 3. The first-order valence-corrected chi connectivity index (χ1v) is 8.90. The van der Waals surface area contributed by atoms with Gasteiger partial charge >= 0.3 is 0 Å². The fourth-order valence-electron chi connectivity index (χ4n) is 4.52. The van der Waals surface area contributed by atoms with Gasteiger partial charge in [-0.2, -0.15) is 0 Å². The number of piperazine rings is 1. The molecule has 116 valence electrons. The van der Waals surface area contributed by atoms with Crippen LogP contribution in [0, 0.1) is 11.8 Å². The normalized spacial score (nSPS) is 33.1. The summed E-state index contributed by atoms with van der Waals surface area (Å²) in [4.78, 5) is 2.77. The van der Waals surface area contributed by atoms with Crippen LogP contribution >= 0.6 is 0 Å². The average Bonchev–Trinajstić information content (AvgIpc) is 2.56. The molecule has 0 aromatic rings. The van der Waals surface area contributed by atoms with E-state index in [-0.39, 0.29) is 0 Å². The van der Waals surface area contributed by atoms with Crippen molar-refractivity contribution in [1.82, 2.24) is 10.2 Å². The zero-order chi connectivity index (χ0) is 13.8. The van der Waals surface area contributed by atoms with Crippen LogP contribution in [0.3, 0.4) is 0 Å². The van der Waals surface area contributed by atoms with Gasteiger partial charge in [-0.1, -0.05) is 19.3 Å². The minimum Gasteiger partial charge on any atom is -0.381 e. The Hall–Kier alpha value is -0.120. The molecule has 2 atom stereocenters. The predicted octanol–water partition coefficient (Wildman–Crippen LogP) is 2.66. The van der Waals surface area contributed by atoms with E-state index >= 15 is 0 Å². The van der Waals surface area contributed by atoms with Crippen molar-refractivity contribution in [3.63, 3.8) is 0 Å². The van der Waals surface area contributed by atoms with Crippen molar-refractivity contribution in [3.8, 4) is 0 Å². The van der Waals surface area contributed by atoms with Gasteiger partial charge in [0.15, 0.2) is 0 Å². The molecule has 1 N–H and O–H groups in total. The molecule has 1 aliphatic carbocycles. The van der Waals surface area contributed by atoms with E-state index in [2.05, 4.69) is 17.1 Å². The maximum Gasteiger partial charge on any atom is 0.0469 e. The minimum absolute atomic E-state index is 0.743. The van der Waals surface area contributed by atoms with Crippen molar-refractivity contribution in [3.05, 3.63) is 0 Å². The first kappa shape index (κ1) is 14.8. The van der Waals surface area contributed by atoms with Gasteiger partial charge < -0.3 is 10.1 Å². The molecule has 0 aromatic carbocycles. The van der Waals surface area contributed by atoms with Gasteiger partial charge in [-0.3, -0.25) is 4.90 Å². The quantitative estimate of drug-likeness (QED) is 0.860. The van der Waals surface area contributed by atoms with Crippen molar-refractivity contribution in [2.75, 3.05) is 32.8 Å². The number of hydrogen-bond donors (Lipinski definition) is 1. The van der Waals surface area contributed by atoms with E-state index in [0.29, 0.717) is 0 Å². The van der Waals surface area contributed by atoms with E-state index in [0.717, 1.165) is 37.1 Å². The van der Waals surface area contributed by atoms with Crippen molar-refractivity contribution in [1.29, 1.82) is 0 Å². The summed E-state index contributed by atoms with van der Waals surface area (Å²) in [7, 11) is 0. The van der Waals surface area contributed by atoms with Crippen LogP contribution in [0.15, 0.2) is 0 Å². The van der Waals surface area contributed by atoms with Gasteiger partial charge in [0.2, 0.25) is 0 Å². The van der Waals surface area contributed by atoms with Gasteiger partial charge in [-0.15, -0.1) is 0 Å². The topological polar surface area (TPSA) is 24.5 Å². The molecule has 0 amide bonds. The summed E-state index contributed by atoms with van der Waals surface area (Å²) < 4.78 is 5.52. The fourth-order valence-corrected chi connectivity index (χ4v) is 4.52. The lowest BCUT2D eigenvalue weighted by Gasteiger charge is -2.44. The molecule has 1 saturated carbocycles. The Morgan fingerprint density at radius 1 is 1.05 bits per heavy atom. The maximum atomic E-state index is 5.52. The van der Waals surface area contributed by atoms with Crippen molar-refractivity contribution >= 4 is 0 Å². The SMILES string of the molecule is CC(C1CCOCC1)N1CCNC(C2CCCCC2)C1. The number of nitrogens with zero attached hydrogens (tertiary/aromatic N) is 1. The van der Waals surface area contributed by atoms with Crippen LogP contribution in [0.5, 0.6) is 0 Å². The van der Waals surface area contributed by atoms with Gasteiger partial charge in [0.1, 0.15) is 0 Å². The summed E-state index contributed by atoms with van der Waals surface area (Å²) >= 11 is 0. The van der Waals surface area contributed by atoms with Gasteiger partial charge in [-0.25, -0.2) is 0 Å². The number of nitrogens with one attached hydrogen (secondary N) is 1. The first-order valence-electron chi connectivity index (χ1n) is 8.90. The Labute approximate surface area is 124 Å². The highest BCUT2D eigenvalue weighted by Gasteiger charge is 2.32. The Bertz CT molecular complexity index is 269. The Kier molecular flexibility index (Phi) is 5.36. The van der Waals surface area contributed by atoms with Gasteiger partial charge in [0.05, 0.1) is 0 Å². The smallest absolute Gasteiger partial charge is 0.0469 e. The molecule has 2 heterocycles. The molecule has 3 rings (SSSR count). The molecule has 0 aromatic heterocycles. The Balaban J connectivity index is 1.53. The first-order chi connectivity index (χ1) is 9.84. The maximum absolute atomic E-state index is 5.52.